The van der Waals surface area contributed by atoms with Crippen LogP contribution in [-0.4, -0.2) is 17.0 Å². The SMILES string of the molecule is CCCCCCCC/C=C\CCCCCCCC(=O)Nc1cccc(C)c1C(=O)O. The third-order valence-electron chi connectivity index (χ3n) is 5.43. The molecule has 2 N–H and O–H groups in total. The first kappa shape index (κ1) is 25.9. The van der Waals surface area contributed by atoms with E-state index < -0.39 is 5.97 Å². The van der Waals surface area contributed by atoms with Crippen LogP contribution in [0.1, 0.15) is 113 Å². The number of nitrogens with one attached hydrogen (secondary N) is 1. The Labute approximate surface area is 183 Å². The summed E-state index contributed by atoms with van der Waals surface area (Å²) in [4.78, 5) is 23.5. The van der Waals surface area contributed by atoms with Gasteiger partial charge in [-0.1, -0.05) is 82.6 Å². The van der Waals surface area contributed by atoms with Gasteiger partial charge in [-0.15, -0.1) is 0 Å². The molecule has 0 aliphatic rings. The zero-order chi connectivity index (χ0) is 22.0. The summed E-state index contributed by atoms with van der Waals surface area (Å²) in [5, 5.41) is 12.1. The molecule has 0 radical (unpaired) electrons. The zero-order valence-corrected chi connectivity index (χ0v) is 19.0. The largest absolute Gasteiger partial charge is 0.478 e. The van der Waals surface area contributed by atoms with Crippen molar-refractivity contribution in [2.45, 2.75) is 104 Å². The highest BCUT2D eigenvalue weighted by molar-refractivity contribution is 6.01. The molecule has 4 heteroatoms. The Bertz CT molecular complexity index is 652. The number of carbonyl (C=O) groups is 2. The molecular formula is C26H41NO3. The number of benzene rings is 1. The number of carboxylic acids is 1. The second-order valence-electron chi connectivity index (χ2n) is 8.19. The molecule has 1 amide bonds. The number of unbranched alkanes of at least 4 members (excludes halogenated alkanes) is 11. The van der Waals surface area contributed by atoms with Gasteiger partial charge in [-0.3, -0.25) is 4.79 Å². The molecule has 0 atom stereocenters. The summed E-state index contributed by atoms with van der Waals surface area (Å²) in [6.07, 6.45) is 21.0. The first-order valence-corrected chi connectivity index (χ1v) is 11.8. The van der Waals surface area contributed by atoms with E-state index in [-0.39, 0.29) is 11.5 Å². The lowest BCUT2D eigenvalue weighted by molar-refractivity contribution is -0.116. The summed E-state index contributed by atoms with van der Waals surface area (Å²) < 4.78 is 0. The van der Waals surface area contributed by atoms with Gasteiger partial charge in [0.15, 0.2) is 0 Å². The topological polar surface area (TPSA) is 66.4 Å². The van der Waals surface area contributed by atoms with Gasteiger partial charge in [0.2, 0.25) is 5.91 Å². The lowest BCUT2D eigenvalue weighted by Gasteiger charge is -2.10. The molecule has 0 heterocycles. The summed E-state index contributed by atoms with van der Waals surface area (Å²) in [6, 6.07) is 5.15. The summed E-state index contributed by atoms with van der Waals surface area (Å²) >= 11 is 0. The third kappa shape index (κ3) is 11.8. The van der Waals surface area contributed by atoms with Crippen molar-refractivity contribution in [1.29, 1.82) is 0 Å². The lowest BCUT2D eigenvalue weighted by Crippen LogP contribution is -2.15. The molecule has 1 aromatic carbocycles. The second-order valence-corrected chi connectivity index (χ2v) is 8.19. The fourth-order valence-corrected chi connectivity index (χ4v) is 3.62. The Kier molecular flexibility index (Phi) is 14.4. The number of hydrogen-bond acceptors (Lipinski definition) is 2. The Morgan fingerprint density at radius 3 is 2.03 bits per heavy atom. The number of carboxylic acid groups (broad SMARTS) is 1. The molecule has 168 valence electrons. The summed E-state index contributed by atoms with van der Waals surface area (Å²) in [7, 11) is 0. The minimum Gasteiger partial charge on any atom is -0.478 e. The zero-order valence-electron chi connectivity index (χ0n) is 19.0. The van der Waals surface area contributed by atoms with Gasteiger partial charge in [-0.25, -0.2) is 4.79 Å². The van der Waals surface area contributed by atoms with Crippen LogP contribution in [0.5, 0.6) is 0 Å². The highest BCUT2D eigenvalue weighted by atomic mass is 16.4. The van der Waals surface area contributed by atoms with Gasteiger partial charge in [0.05, 0.1) is 11.3 Å². The van der Waals surface area contributed by atoms with Crippen LogP contribution in [0.4, 0.5) is 5.69 Å². The standard InChI is InChI=1S/C26H41NO3/c1-3-4-5-6-7-8-9-10-11-12-13-14-15-16-17-21-24(28)27-23-20-18-19-22(2)25(23)26(29)30/h10-11,18-20H,3-9,12-17,21H2,1-2H3,(H,27,28)(H,29,30)/b11-10-. The van der Waals surface area contributed by atoms with Gasteiger partial charge in [-0.05, 0) is 50.7 Å². The fraction of sp³-hybridized carbons (Fsp3) is 0.615. The maximum Gasteiger partial charge on any atom is 0.338 e. The van der Waals surface area contributed by atoms with Crippen molar-refractivity contribution in [2.24, 2.45) is 0 Å². The van der Waals surface area contributed by atoms with E-state index >= 15 is 0 Å². The van der Waals surface area contributed by atoms with Gasteiger partial charge in [0, 0.05) is 6.42 Å². The first-order valence-electron chi connectivity index (χ1n) is 11.8. The molecule has 4 nitrogen and oxygen atoms in total. The minimum absolute atomic E-state index is 0.110. The summed E-state index contributed by atoms with van der Waals surface area (Å²) in [5.41, 5.74) is 1.22. The van der Waals surface area contributed by atoms with E-state index in [1.807, 2.05) is 0 Å². The van der Waals surface area contributed by atoms with E-state index in [2.05, 4.69) is 24.4 Å². The van der Waals surface area contributed by atoms with Crippen LogP contribution in [0.25, 0.3) is 0 Å². The Balaban J connectivity index is 2.03. The molecule has 0 aromatic heterocycles. The molecule has 1 rings (SSSR count). The van der Waals surface area contributed by atoms with Gasteiger partial charge >= 0.3 is 5.97 Å². The molecule has 0 spiro atoms. The maximum atomic E-state index is 12.1. The van der Waals surface area contributed by atoms with Crippen LogP contribution >= 0.6 is 0 Å². The van der Waals surface area contributed by atoms with Crippen molar-refractivity contribution >= 4 is 17.6 Å². The third-order valence-corrected chi connectivity index (χ3v) is 5.43. The van der Waals surface area contributed by atoms with Crippen LogP contribution < -0.4 is 5.32 Å². The molecule has 0 unspecified atom stereocenters. The highest BCUT2D eigenvalue weighted by Gasteiger charge is 2.14. The van der Waals surface area contributed by atoms with E-state index in [9.17, 15) is 14.7 Å². The van der Waals surface area contributed by atoms with Crippen molar-refractivity contribution < 1.29 is 14.7 Å². The Morgan fingerprint density at radius 2 is 1.43 bits per heavy atom. The number of hydrogen-bond donors (Lipinski definition) is 2. The van der Waals surface area contributed by atoms with E-state index in [0.29, 0.717) is 17.7 Å². The van der Waals surface area contributed by atoms with Gasteiger partial charge in [0.25, 0.3) is 0 Å². The molecule has 0 aliphatic carbocycles. The van der Waals surface area contributed by atoms with Crippen LogP contribution in [0, 0.1) is 6.92 Å². The van der Waals surface area contributed by atoms with Crippen LogP contribution in [0.2, 0.25) is 0 Å². The van der Waals surface area contributed by atoms with Gasteiger partial charge in [-0.2, -0.15) is 0 Å². The number of carbonyl (C=O) groups excluding carboxylic acids is 1. The average Bonchev–Trinajstić information content (AvgIpc) is 2.70. The predicted molar refractivity (Wildman–Crippen MR) is 126 cm³/mol. The summed E-state index contributed by atoms with van der Waals surface area (Å²) in [5.74, 6) is -1.12. The molecule has 1 aromatic rings. The number of anilines is 1. The molecule has 30 heavy (non-hydrogen) atoms. The van der Waals surface area contributed by atoms with Crippen LogP contribution in [0.15, 0.2) is 30.4 Å². The molecule has 0 bridgehead atoms. The minimum atomic E-state index is -1.01. The van der Waals surface area contributed by atoms with Crippen molar-refractivity contribution in [3.05, 3.63) is 41.5 Å². The molecule has 0 saturated carbocycles. The number of aryl methyl sites for hydroxylation is 1. The van der Waals surface area contributed by atoms with E-state index in [4.69, 9.17) is 0 Å². The van der Waals surface area contributed by atoms with Crippen molar-refractivity contribution in [2.75, 3.05) is 5.32 Å². The number of aromatic carboxylic acids is 1. The molecule has 0 saturated heterocycles. The smallest absolute Gasteiger partial charge is 0.338 e. The summed E-state index contributed by atoms with van der Waals surface area (Å²) in [6.45, 7) is 3.99. The quantitative estimate of drug-likeness (QED) is 0.203. The maximum absolute atomic E-state index is 12.1. The van der Waals surface area contributed by atoms with E-state index in [1.165, 1.54) is 57.8 Å². The van der Waals surface area contributed by atoms with Gasteiger partial charge in [0.1, 0.15) is 0 Å². The number of amides is 1. The van der Waals surface area contributed by atoms with E-state index in [1.54, 1.807) is 25.1 Å². The predicted octanol–water partition coefficient (Wildman–Crippen LogP) is 7.67. The Morgan fingerprint density at radius 1 is 0.867 bits per heavy atom. The molecular weight excluding hydrogens is 374 g/mol. The normalized spacial score (nSPS) is 11.1. The number of rotatable bonds is 17. The number of allylic oxidation sites excluding steroid dienone is 2. The molecule has 0 aliphatic heterocycles. The van der Waals surface area contributed by atoms with E-state index in [0.717, 1.165) is 25.7 Å². The fourth-order valence-electron chi connectivity index (χ4n) is 3.62. The van der Waals surface area contributed by atoms with Crippen LogP contribution in [-0.2, 0) is 4.79 Å². The van der Waals surface area contributed by atoms with Crippen molar-refractivity contribution in [1.82, 2.24) is 0 Å². The monoisotopic (exact) mass is 415 g/mol. The van der Waals surface area contributed by atoms with Crippen molar-refractivity contribution in [3.8, 4) is 0 Å². The average molecular weight is 416 g/mol. The lowest BCUT2D eigenvalue weighted by atomic mass is 10.1. The Hall–Kier alpha value is -2.10. The van der Waals surface area contributed by atoms with Gasteiger partial charge < -0.3 is 10.4 Å². The highest BCUT2D eigenvalue weighted by Crippen LogP contribution is 2.20. The van der Waals surface area contributed by atoms with Crippen LogP contribution in [0.3, 0.4) is 0 Å². The van der Waals surface area contributed by atoms with Crippen molar-refractivity contribution in [3.63, 3.8) is 0 Å². The molecule has 0 fully saturated rings. The second kappa shape index (κ2) is 16.7. The first-order chi connectivity index (χ1) is 14.6.